The minimum absolute atomic E-state index is 0.0285. The molecule has 0 heterocycles. The molecule has 7 heteroatoms. The first-order valence-electron chi connectivity index (χ1n) is 5.64. The van der Waals surface area contributed by atoms with Crippen molar-refractivity contribution in [2.45, 2.75) is 18.7 Å². The Kier molecular flexibility index (Phi) is 5.43. The fourth-order valence-corrected chi connectivity index (χ4v) is 2.79. The Hall–Kier alpha value is -1.71. The van der Waals surface area contributed by atoms with Crippen LogP contribution in [0.4, 0.5) is 0 Å². The van der Waals surface area contributed by atoms with E-state index in [2.05, 4.69) is 11.2 Å². The molecule has 0 fully saturated rings. The topological polar surface area (TPSA) is 72.5 Å². The molecule has 1 aromatic carbocycles. The first-order chi connectivity index (χ1) is 9.25. The van der Waals surface area contributed by atoms with Gasteiger partial charge in [0.1, 0.15) is 5.75 Å². The Labute approximate surface area is 122 Å². The van der Waals surface area contributed by atoms with E-state index in [4.69, 9.17) is 21.8 Å². The van der Waals surface area contributed by atoms with Crippen LogP contribution in [-0.4, -0.2) is 27.5 Å². The smallest absolute Gasteiger partial charge is 0.261 e. The van der Waals surface area contributed by atoms with Crippen molar-refractivity contribution in [3.8, 4) is 18.1 Å². The van der Waals surface area contributed by atoms with E-state index in [1.807, 2.05) is 0 Å². The van der Waals surface area contributed by atoms with Gasteiger partial charge in [-0.25, -0.2) is 8.42 Å². The molecule has 0 radical (unpaired) electrons. The van der Waals surface area contributed by atoms with Gasteiger partial charge in [0.25, 0.3) is 15.0 Å². The number of nitrogens with one attached hydrogen (secondary N) is 1. The summed E-state index contributed by atoms with van der Waals surface area (Å²) in [6, 6.07) is 2.94. The number of aryl methyl sites for hydroxylation is 2. The van der Waals surface area contributed by atoms with Crippen molar-refractivity contribution in [2.24, 2.45) is 0 Å². The maximum Gasteiger partial charge on any atom is 0.261 e. The second kappa shape index (κ2) is 6.64. The highest BCUT2D eigenvalue weighted by Gasteiger charge is 2.16. The van der Waals surface area contributed by atoms with E-state index in [0.29, 0.717) is 16.9 Å². The maximum atomic E-state index is 11.3. The zero-order valence-corrected chi connectivity index (χ0v) is 12.6. The molecular weight excluding hydrogens is 302 g/mol. The second-order valence-electron chi connectivity index (χ2n) is 4.09. The number of hydrogen-bond acceptors (Lipinski definition) is 4. The number of carbonyl (C=O) groups excluding carboxylic acids is 1. The molecule has 0 unspecified atom stereocenters. The number of terminal acetylenes is 1. The summed E-state index contributed by atoms with van der Waals surface area (Å²) in [7, 11) is 1.52. The van der Waals surface area contributed by atoms with Crippen LogP contribution >= 0.6 is 10.7 Å². The standard InChI is InChI=1S/C13H14ClNO4S/c1-4-5-15-13(16)8-19-11-6-10(3)12(7-9(11)2)20(14,17)18/h1,6-7H,5,8H2,2-3H3,(H,15,16). The van der Waals surface area contributed by atoms with Gasteiger partial charge in [-0.3, -0.25) is 4.79 Å². The SMILES string of the molecule is C#CCNC(=O)COc1cc(C)c(S(=O)(=O)Cl)cc1C. The highest BCUT2D eigenvalue weighted by Crippen LogP contribution is 2.27. The van der Waals surface area contributed by atoms with E-state index in [1.165, 1.54) is 12.1 Å². The predicted molar refractivity (Wildman–Crippen MR) is 76.3 cm³/mol. The summed E-state index contributed by atoms with van der Waals surface area (Å²) in [5, 5.41) is 2.46. The van der Waals surface area contributed by atoms with E-state index in [-0.39, 0.29) is 24.0 Å². The Morgan fingerprint density at radius 1 is 1.40 bits per heavy atom. The van der Waals surface area contributed by atoms with Crippen molar-refractivity contribution >= 4 is 25.6 Å². The average molecular weight is 316 g/mol. The number of halogens is 1. The first kappa shape index (κ1) is 16.3. The molecule has 1 N–H and O–H groups in total. The molecule has 0 atom stereocenters. The number of hydrogen-bond donors (Lipinski definition) is 1. The monoisotopic (exact) mass is 315 g/mol. The molecule has 0 bridgehead atoms. The minimum Gasteiger partial charge on any atom is -0.483 e. The van der Waals surface area contributed by atoms with Crippen LogP contribution in [0.15, 0.2) is 17.0 Å². The van der Waals surface area contributed by atoms with E-state index < -0.39 is 9.05 Å². The van der Waals surface area contributed by atoms with Crippen molar-refractivity contribution in [3.63, 3.8) is 0 Å². The van der Waals surface area contributed by atoms with E-state index >= 15 is 0 Å². The van der Waals surface area contributed by atoms with Crippen molar-refractivity contribution in [1.29, 1.82) is 0 Å². The molecule has 0 spiro atoms. The van der Waals surface area contributed by atoms with Gasteiger partial charge < -0.3 is 10.1 Å². The number of benzene rings is 1. The fraction of sp³-hybridized carbons (Fsp3) is 0.308. The Morgan fingerprint density at radius 3 is 2.60 bits per heavy atom. The van der Waals surface area contributed by atoms with Gasteiger partial charge in [0.05, 0.1) is 11.4 Å². The summed E-state index contributed by atoms with van der Waals surface area (Å²) < 4.78 is 28.0. The molecule has 5 nitrogen and oxygen atoms in total. The van der Waals surface area contributed by atoms with Crippen LogP contribution in [0.2, 0.25) is 0 Å². The van der Waals surface area contributed by atoms with Crippen molar-refractivity contribution in [2.75, 3.05) is 13.2 Å². The summed E-state index contributed by atoms with van der Waals surface area (Å²) in [6.45, 7) is 3.19. The van der Waals surface area contributed by atoms with Gasteiger partial charge >= 0.3 is 0 Å². The summed E-state index contributed by atoms with van der Waals surface area (Å²) in [5.74, 6) is 2.34. The first-order valence-corrected chi connectivity index (χ1v) is 7.95. The van der Waals surface area contributed by atoms with Crippen LogP contribution in [0.25, 0.3) is 0 Å². The molecule has 20 heavy (non-hydrogen) atoms. The van der Waals surface area contributed by atoms with Crippen LogP contribution in [0, 0.1) is 26.2 Å². The third kappa shape index (κ3) is 4.44. The van der Waals surface area contributed by atoms with Gasteiger partial charge in [-0.15, -0.1) is 6.42 Å². The lowest BCUT2D eigenvalue weighted by Crippen LogP contribution is -2.29. The fourth-order valence-electron chi connectivity index (χ4n) is 1.53. The van der Waals surface area contributed by atoms with Gasteiger partial charge in [0.2, 0.25) is 0 Å². The average Bonchev–Trinajstić information content (AvgIpc) is 2.35. The lowest BCUT2D eigenvalue weighted by atomic mass is 10.1. The van der Waals surface area contributed by atoms with E-state index in [0.717, 1.165) is 0 Å². The molecule has 1 aromatic rings. The van der Waals surface area contributed by atoms with Crippen molar-refractivity contribution < 1.29 is 17.9 Å². The van der Waals surface area contributed by atoms with Gasteiger partial charge in [-0.1, -0.05) is 5.92 Å². The van der Waals surface area contributed by atoms with Gasteiger partial charge in [-0.05, 0) is 37.1 Å². The molecule has 1 rings (SSSR count). The lowest BCUT2D eigenvalue weighted by Gasteiger charge is -2.11. The van der Waals surface area contributed by atoms with Crippen molar-refractivity contribution in [1.82, 2.24) is 5.32 Å². The zero-order chi connectivity index (χ0) is 15.3. The van der Waals surface area contributed by atoms with Crippen molar-refractivity contribution in [3.05, 3.63) is 23.3 Å². The Morgan fingerprint density at radius 2 is 2.05 bits per heavy atom. The number of carbonyl (C=O) groups is 1. The second-order valence-corrected chi connectivity index (χ2v) is 6.62. The van der Waals surface area contributed by atoms with Gasteiger partial charge in [-0.2, -0.15) is 0 Å². The van der Waals surface area contributed by atoms with Gasteiger partial charge in [0, 0.05) is 10.7 Å². The van der Waals surface area contributed by atoms with Crippen LogP contribution < -0.4 is 10.1 Å². The number of rotatable bonds is 5. The summed E-state index contributed by atoms with van der Waals surface area (Å²) >= 11 is 0. The largest absolute Gasteiger partial charge is 0.483 e. The highest BCUT2D eigenvalue weighted by atomic mass is 35.7. The predicted octanol–water partition coefficient (Wildman–Crippen LogP) is 1.36. The van der Waals surface area contributed by atoms with Crippen LogP contribution in [-0.2, 0) is 13.8 Å². The highest BCUT2D eigenvalue weighted by molar-refractivity contribution is 8.13. The van der Waals surface area contributed by atoms with E-state index in [9.17, 15) is 13.2 Å². The Balaban J connectivity index is 2.87. The lowest BCUT2D eigenvalue weighted by molar-refractivity contribution is -0.122. The normalized spacial score (nSPS) is 10.7. The molecule has 108 valence electrons. The van der Waals surface area contributed by atoms with Crippen LogP contribution in [0.5, 0.6) is 5.75 Å². The molecule has 0 aliphatic carbocycles. The zero-order valence-electron chi connectivity index (χ0n) is 11.1. The minimum atomic E-state index is -3.80. The number of ether oxygens (including phenoxy) is 1. The molecule has 0 saturated heterocycles. The molecule has 0 aliphatic heterocycles. The molecule has 0 saturated carbocycles. The molecule has 1 amide bonds. The molecule has 0 aliphatic rings. The maximum absolute atomic E-state index is 11.3. The Bertz CT molecular complexity index is 662. The summed E-state index contributed by atoms with van der Waals surface area (Å²) in [5.41, 5.74) is 1.02. The quantitative estimate of drug-likeness (QED) is 0.658. The van der Waals surface area contributed by atoms with Gasteiger partial charge in [0.15, 0.2) is 6.61 Å². The molecule has 0 aromatic heterocycles. The summed E-state index contributed by atoms with van der Waals surface area (Å²) in [4.78, 5) is 11.4. The molecular formula is C13H14ClNO4S. The summed E-state index contributed by atoms with van der Waals surface area (Å²) in [6.07, 6.45) is 5.01. The third-order valence-electron chi connectivity index (χ3n) is 2.48. The number of amides is 1. The van der Waals surface area contributed by atoms with Crippen LogP contribution in [0.3, 0.4) is 0 Å². The third-order valence-corrected chi connectivity index (χ3v) is 3.95. The van der Waals surface area contributed by atoms with Crippen LogP contribution in [0.1, 0.15) is 11.1 Å². The van der Waals surface area contributed by atoms with E-state index in [1.54, 1.807) is 13.8 Å².